The number of aromatic amines is 1. The molecule has 0 saturated heterocycles. The summed E-state index contributed by atoms with van der Waals surface area (Å²) in [6.07, 6.45) is 0. The molecule has 4 nitrogen and oxygen atoms in total. The molecule has 0 atom stereocenters. The van der Waals surface area contributed by atoms with Crippen LogP contribution in [-0.2, 0) is 0 Å². The summed E-state index contributed by atoms with van der Waals surface area (Å²) < 4.78 is 0. The number of rotatable bonds is 1. The van der Waals surface area contributed by atoms with Gasteiger partial charge in [-0.15, -0.1) is 0 Å². The molecular formula is C14H10N2O2. The van der Waals surface area contributed by atoms with Gasteiger partial charge in [0.15, 0.2) is 5.78 Å². The van der Waals surface area contributed by atoms with Crippen LogP contribution in [0.3, 0.4) is 0 Å². The van der Waals surface area contributed by atoms with E-state index in [0.717, 1.165) is 5.56 Å². The number of nitrogens with one attached hydrogen (secondary N) is 1. The number of aliphatic hydroxyl groups excluding tert-OH is 1. The van der Waals surface area contributed by atoms with Crippen molar-refractivity contribution in [3.8, 4) is 11.3 Å². The van der Waals surface area contributed by atoms with E-state index in [0.29, 0.717) is 21.8 Å². The van der Waals surface area contributed by atoms with Crippen LogP contribution in [0.4, 0.5) is 0 Å². The zero-order valence-corrected chi connectivity index (χ0v) is 9.53. The predicted octanol–water partition coefficient (Wildman–Crippen LogP) is 0.906. The summed E-state index contributed by atoms with van der Waals surface area (Å²) in [5.41, 5.74) is 2.05. The predicted molar refractivity (Wildman–Crippen MR) is 68.3 cm³/mol. The van der Waals surface area contributed by atoms with Gasteiger partial charge in [-0.25, -0.2) is 0 Å². The lowest BCUT2D eigenvalue weighted by Gasteiger charge is -2.14. The van der Waals surface area contributed by atoms with E-state index < -0.39 is 0 Å². The molecule has 1 aliphatic rings. The number of hydrogen-bond acceptors (Lipinski definition) is 3. The van der Waals surface area contributed by atoms with E-state index in [9.17, 15) is 9.90 Å². The number of H-pyrrole nitrogens is 1. The highest BCUT2D eigenvalue weighted by molar-refractivity contribution is 6.31. The number of fused-ring (bicyclic) bond motifs is 3. The van der Waals surface area contributed by atoms with Crippen molar-refractivity contribution in [2.45, 2.75) is 0 Å². The van der Waals surface area contributed by atoms with E-state index in [2.05, 4.69) is 23.4 Å². The number of hydrogen-bond donors (Lipinski definition) is 2. The van der Waals surface area contributed by atoms with Gasteiger partial charge >= 0.3 is 0 Å². The summed E-state index contributed by atoms with van der Waals surface area (Å²) in [5.74, 6) is -0.515. The van der Waals surface area contributed by atoms with Gasteiger partial charge in [0.25, 0.3) is 0 Å². The average molecular weight is 238 g/mol. The quantitative estimate of drug-likeness (QED) is 0.725. The number of aliphatic hydroxyl groups is 1. The summed E-state index contributed by atoms with van der Waals surface area (Å²) >= 11 is 0. The number of ketones is 1. The maximum absolute atomic E-state index is 12.3. The molecule has 2 aromatic rings. The first-order valence-corrected chi connectivity index (χ1v) is 5.41. The number of aromatic nitrogens is 2. The minimum Gasteiger partial charge on any atom is -0.508 e. The van der Waals surface area contributed by atoms with Crippen LogP contribution in [0, 0.1) is 0 Å². The largest absolute Gasteiger partial charge is 0.508 e. The Morgan fingerprint density at radius 2 is 1.94 bits per heavy atom. The number of carbonyl (C=O) groups is 1. The Bertz CT molecular complexity index is 799. The molecule has 0 saturated carbocycles. The van der Waals surface area contributed by atoms with Crippen molar-refractivity contribution in [1.82, 2.24) is 10.2 Å². The Kier molecular flexibility index (Phi) is 2.01. The molecule has 1 aliphatic carbocycles. The van der Waals surface area contributed by atoms with E-state index in [-0.39, 0.29) is 17.1 Å². The lowest BCUT2D eigenvalue weighted by atomic mass is 9.88. The molecule has 0 radical (unpaired) electrons. The molecule has 0 unspecified atom stereocenters. The third-order valence-electron chi connectivity index (χ3n) is 3.03. The van der Waals surface area contributed by atoms with Crippen LogP contribution in [0.5, 0.6) is 0 Å². The Balaban J connectivity index is 2.57. The molecule has 0 fully saturated rings. The van der Waals surface area contributed by atoms with Crippen LogP contribution in [0.15, 0.2) is 36.6 Å². The second-order valence-electron chi connectivity index (χ2n) is 4.12. The maximum atomic E-state index is 12.3. The zero-order chi connectivity index (χ0) is 12.9. The van der Waals surface area contributed by atoms with Crippen LogP contribution in [0.25, 0.3) is 23.4 Å². The summed E-state index contributed by atoms with van der Waals surface area (Å²) in [4.78, 5) is 12.3. The van der Waals surface area contributed by atoms with Gasteiger partial charge in [0.1, 0.15) is 11.5 Å². The summed E-state index contributed by atoms with van der Waals surface area (Å²) in [7, 11) is 0. The molecule has 2 N–H and O–H groups in total. The van der Waals surface area contributed by atoms with Gasteiger partial charge in [0.05, 0.1) is 10.9 Å². The van der Waals surface area contributed by atoms with Crippen LogP contribution < -0.4 is 10.6 Å². The Morgan fingerprint density at radius 1 is 1.28 bits per heavy atom. The van der Waals surface area contributed by atoms with Crippen molar-refractivity contribution in [2.24, 2.45) is 0 Å². The maximum Gasteiger partial charge on any atom is 0.198 e. The second-order valence-corrected chi connectivity index (χ2v) is 4.12. The molecule has 3 rings (SSSR count). The smallest absolute Gasteiger partial charge is 0.198 e. The number of Topliss-reactive ketones (excluding diaryl/α,β-unsaturated/α-hetero) is 1. The van der Waals surface area contributed by atoms with Crippen molar-refractivity contribution in [1.29, 1.82) is 0 Å². The van der Waals surface area contributed by atoms with Crippen molar-refractivity contribution in [3.05, 3.63) is 52.7 Å². The fourth-order valence-electron chi connectivity index (χ4n) is 2.25. The first-order valence-electron chi connectivity index (χ1n) is 5.41. The molecule has 0 spiro atoms. The fourth-order valence-corrected chi connectivity index (χ4v) is 2.25. The highest BCUT2D eigenvalue weighted by Gasteiger charge is 2.27. The Hall–Kier alpha value is -2.62. The Labute approximate surface area is 103 Å². The standard InChI is InChI=1S/C14H10N2O2/c1-7-11-12(8(2)17)14(18)10-6-4-3-5-9(10)13(11)16-15-7/h3-6,15,17H,1-2H2. The fraction of sp³-hybridized carbons (Fsp3) is 0. The molecule has 4 heteroatoms. The normalized spacial score (nSPS) is 13.1. The van der Waals surface area contributed by atoms with Crippen molar-refractivity contribution in [2.75, 3.05) is 0 Å². The van der Waals surface area contributed by atoms with Crippen LogP contribution in [0.2, 0.25) is 0 Å². The topological polar surface area (TPSA) is 66.0 Å². The highest BCUT2D eigenvalue weighted by atomic mass is 16.3. The minimum atomic E-state index is -0.262. The Morgan fingerprint density at radius 3 is 2.61 bits per heavy atom. The van der Waals surface area contributed by atoms with E-state index in [4.69, 9.17) is 0 Å². The number of benzene rings is 1. The summed E-state index contributed by atoms with van der Waals surface area (Å²) in [6, 6.07) is 7.15. The molecule has 0 amide bonds. The first-order chi connectivity index (χ1) is 8.61. The third-order valence-corrected chi connectivity index (χ3v) is 3.03. The lowest BCUT2D eigenvalue weighted by molar-refractivity contribution is 0.105. The van der Waals surface area contributed by atoms with Crippen LogP contribution in [0.1, 0.15) is 10.4 Å². The van der Waals surface area contributed by atoms with Gasteiger partial charge in [-0.05, 0) is 0 Å². The van der Waals surface area contributed by atoms with Crippen LogP contribution in [-0.4, -0.2) is 21.1 Å². The molecular weight excluding hydrogens is 228 g/mol. The molecule has 1 heterocycles. The summed E-state index contributed by atoms with van der Waals surface area (Å²) in [6.45, 7) is 7.24. The van der Waals surface area contributed by atoms with Gasteiger partial charge in [-0.1, -0.05) is 37.4 Å². The number of carbonyl (C=O) groups excluding carboxylic acids is 1. The lowest BCUT2D eigenvalue weighted by Crippen LogP contribution is -2.32. The zero-order valence-electron chi connectivity index (χ0n) is 9.53. The first kappa shape index (κ1) is 10.5. The van der Waals surface area contributed by atoms with Crippen molar-refractivity contribution >= 4 is 17.9 Å². The van der Waals surface area contributed by atoms with Crippen LogP contribution >= 0.6 is 0 Å². The molecule has 1 aromatic heterocycles. The SMILES string of the molecule is C=C(O)C1=c2c(n[nH]c2=C)-c2ccccc2C1=O. The van der Waals surface area contributed by atoms with Gasteiger partial charge < -0.3 is 5.11 Å². The van der Waals surface area contributed by atoms with Gasteiger partial charge in [-0.2, -0.15) is 5.10 Å². The van der Waals surface area contributed by atoms with E-state index in [1.165, 1.54) is 0 Å². The molecule has 18 heavy (non-hydrogen) atoms. The molecule has 88 valence electrons. The van der Waals surface area contributed by atoms with Gasteiger partial charge in [0, 0.05) is 16.3 Å². The van der Waals surface area contributed by atoms with Gasteiger partial charge in [-0.3, -0.25) is 9.89 Å². The summed E-state index contributed by atoms with van der Waals surface area (Å²) in [5, 5.41) is 17.6. The average Bonchev–Trinajstić information content (AvgIpc) is 2.72. The van der Waals surface area contributed by atoms with Crippen molar-refractivity contribution < 1.29 is 9.90 Å². The highest BCUT2D eigenvalue weighted by Crippen LogP contribution is 2.27. The molecule has 0 bridgehead atoms. The molecule has 0 aliphatic heterocycles. The number of allylic oxidation sites excluding steroid dienone is 1. The third kappa shape index (κ3) is 1.20. The minimum absolute atomic E-state index is 0.169. The van der Waals surface area contributed by atoms with Gasteiger partial charge in [0.2, 0.25) is 0 Å². The van der Waals surface area contributed by atoms with Crippen molar-refractivity contribution in [3.63, 3.8) is 0 Å². The number of nitrogens with zero attached hydrogens (tertiary/aromatic N) is 1. The monoisotopic (exact) mass is 238 g/mol. The van der Waals surface area contributed by atoms with E-state index in [1.807, 2.05) is 12.1 Å². The molecule has 1 aromatic carbocycles. The van der Waals surface area contributed by atoms with E-state index in [1.54, 1.807) is 12.1 Å². The second kappa shape index (κ2) is 3.43. The van der Waals surface area contributed by atoms with E-state index >= 15 is 0 Å².